The predicted octanol–water partition coefficient (Wildman–Crippen LogP) is 2.23. The Balaban J connectivity index is 3.89. The number of aliphatic hydroxyl groups excluding tert-OH is 1. The van der Waals surface area contributed by atoms with Gasteiger partial charge < -0.3 is 15.5 Å². The number of hydrogen-bond acceptors (Lipinski definition) is 3. The average Bonchev–Trinajstić information content (AvgIpc) is 2.23. The highest BCUT2D eigenvalue weighted by atomic mass is 16.3. The van der Waals surface area contributed by atoms with Crippen molar-refractivity contribution in [1.82, 2.24) is 5.32 Å². The fourth-order valence-corrected chi connectivity index (χ4v) is 1.58. The van der Waals surface area contributed by atoms with Crippen LogP contribution in [0.2, 0.25) is 0 Å². The zero-order valence-corrected chi connectivity index (χ0v) is 11.8. The van der Waals surface area contributed by atoms with E-state index in [-0.39, 0.29) is 0 Å². The van der Waals surface area contributed by atoms with Crippen LogP contribution in [0.3, 0.4) is 0 Å². The van der Waals surface area contributed by atoms with E-state index in [2.05, 4.69) is 18.3 Å². The molecule has 0 aliphatic heterocycles. The first-order chi connectivity index (χ1) is 7.90. The number of allylic oxidation sites excluding steroid dienone is 2. The van der Waals surface area contributed by atoms with Crippen molar-refractivity contribution in [3.8, 4) is 0 Å². The van der Waals surface area contributed by atoms with Gasteiger partial charge in [0, 0.05) is 6.54 Å². The molecule has 3 N–H and O–H groups in total. The Morgan fingerprint density at radius 1 is 1.41 bits per heavy atom. The minimum absolute atomic E-state index is 0.460. The molecule has 0 heterocycles. The van der Waals surface area contributed by atoms with Crippen molar-refractivity contribution in [3.63, 3.8) is 0 Å². The van der Waals surface area contributed by atoms with Crippen LogP contribution in [0.5, 0.6) is 0 Å². The third-order valence-corrected chi connectivity index (χ3v) is 2.97. The van der Waals surface area contributed by atoms with Crippen LogP contribution in [-0.2, 0) is 0 Å². The molecule has 3 nitrogen and oxygen atoms in total. The van der Waals surface area contributed by atoms with E-state index in [1.807, 2.05) is 13.8 Å². The molecule has 0 aliphatic rings. The first-order valence-corrected chi connectivity index (χ1v) is 6.64. The van der Waals surface area contributed by atoms with Gasteiger partial charge in [0.1, 0.15) is 0 Å². The molecule has 0 amide bonds. The normalized spacial score (nSPS) is 16.4. The van der Waals surface area contributed by atoms with Crippen LogP contribution in [0.15, 0.2) is 11.6 Å². The number of unbranched alkanes of at least 4 members (excludes halogenated alkanes) is 1. The molecular weight excluding hydrogens is 214 g/mol. The second kappa shape index (κ2) is 8.67. The van der Waals surface area contributed by atoms with Crippen LogP contribution >= 0.6 is 0 Å². The van der Waals surface area contributed by atoms with Crippen LogP contribution in [0.1, 0.15) is 53.4 Å². The van der Waals surface area contributed by atoms with Gasteiger partial charge in [0.2, 0.25) is 0 Å². The molecule has 0 spiro atoms. The Morgan fingerprint density at radius 2 is 2.06 bits per heavy atom. The Morgan fingerprint density at radius 3 is 2.59 bits per heavy atom. The molecule has 2 unspecified atom stereocenters. The molecule has 3 heteroatoms. The Kier molecular flexibility index (Phi) is 8.48. The molecule has 0 aromatic carbocycles. The van der Waals surface area contributed by atoms with Gasteiger partial charge in [-0.2, -0.15) is 0 Å². The molecule has 0 bridgehead atoms. The predicted molar refractivity (Wildman–Crippen MR) is 73.1 cm³/mol. The molecule has 0 saturated heterocycles. The van der Waals surface area contributed by atoms with Crippen LogP contribution in [0.4, 0.5) is 0 Å². The second-order valence-corrected chi connectivity index (χ2v) is 5.25. The van der Waals surface area contributed by atoms with Crippen molar-refractivity contribution >= 4 is 0 Å². The monoisotopic (exact) mass is 243 g/mol. The van der Waals surface area contributed by atoms with Crippen molar-refractivity contribution in [2.75, 3.05) is 13.1 Å². The van der Waals surface area contributed by atoms with Crippen LogP contribution in [0.25, 0.3) is 0 Å². The van der Waals surface area contributed by atoms with Crippen LogP contribution in [-0.4, -0.2) is 35.0 Å². The first kappa shape index (κ1) is 16.6. The Labute approximate surface area is 106 Å². The van der Waals surface area contributed by atoms with Gasteiger partial charge >= 0.3 is 0 Å². The number of rotatable bonds is 9. The van der Waals surface area contributed by atoms with Crippen molar-refractivity contribution < 1.29 is 10.2 Å². The SMILES string of the molecule is CCCCNCC(O)C(C)(O)CCC=C(C)C. The Bertz CT molecular complexity index is 220. The zero-order chi connectivity index (χ0) is 13.3. The van der Waals surface area contributed by atoms with Crippen molar-refractivity contribution in [1.29, 1.82) is 0 Å². The van der Waals surface area contributed by atoms with E-state index in [1.165, 1.54) is 5.57 Å². The molecule has 17 heavy (non-hydrogen) atoms. The summed E-state index contributed by atoms with van der Waals surface area (Å²) in [6.45, 7) is 9.28. The molecule has 0 aromatic rings. The second-order valence-electron chi connectivity index (χ2n) is 5.25. The van der Waals surface area contributed by atoms with Crippen LogP contribution in [0, 0.1) is 0 Å². The van der Waals surface area contributed by atoms with E-state index < -0.39 is 11.7 Å². The fraction of sp³-hybridized carbons (Fsp3) is 0.857. The van der Waals surface area contributed by atoms with Gasteiger partial charge in [0.15, 0.2) is 0 Å². The van der Waals surface area contributed by atoms with Gasteiger partial charge in [-0.25, -0.2) is 0 Å². The lowest BCUT2D eigenvalue weighted by Gasteiger charge is -2.29. The molecule has 0 aliphatic carbocycles. The molecule has 0 saturated carbocycles. The van der Waals surface area contributed by atoms with Crippen LogP contribution < -0.4 is 5.32 Å². The highest BCUT2D eigenvalue weighted by Gasteiger charge is 2.28. The van der Waals surface area contributed by atoms with E-state index in [0.717, 1.165) is 25.8 Å². The molecule has 2 atom stereocenters. The molecule has 102 valence electrons. The maximum atomic E-state index is 10.1. The first-order valence-electron chi connectivity index (χ1n) is 6.64. The minimum Gasteiger partial charge on any atom is -0.389 e. The highest BCUT2D eigenvalue weighted by molar-refractivity contribution is 4.95. The molecule has 0 rings (SSSR count). The zero-order valence-electron chi connectivity index (χ0n) is 11.8. The Hall–Kier alpha value is -0.380. The molecule has 0 aromatic heterocycles. The maximum absolute atomic E-state index is 10.1. The molecular formula is C14H29NO2. The van der Waals surface area contributed by atoms with Gasteiger partial charge in [-0.1, -0.05) is 25.0 Å². The summed E-state index contributed by atoms with van der Waals surface area (Å²) in [7, 11) is 0. The third kappa shape index (κ3) is 8.36. The van der Waals surface area contributed by atoms with E-state index in [1.54, 1.807) is 6.92 Å². The minimum atomic E-state index is -1.01. The highest BCUT2D eigenvalue weighted by Crippen LogP contribution is 2.17. The van der Waals surface area contributed by atoms with Crippen molar-refractivity contribution in [2.45, 2.75) is 65.1 Å². The molecule has 0 radical (unpaired) electrons. The fourth-order valence-electron chi connectivity index (χ4n) is 1.58. The summed E-state index contributed by atoms with van der Waals surface area (Å²) in [6.07, 6.45) is 5.03. The lowest BCUT2D eigenvalue weighted by atomic mass is 9.93. The average molecular weight is 243 g/mol. The van der Waals surface area contributed by atoms with Gasteiger partial charge in [0.05, 0.1) is 11.7 Å². The van der Waals surface area contributed by atoms with Crippen molar-refractivity contribution in [2.24, 2.45) is 0 Å². The van der Waals surface area contributed by atoms with Gasteiger partial charge in [0.25, 0.3) is 0 Å². The van der Waals surface area contributed by atoms with Gasteiger partial charge in [-0.05, 0) is 46.6 Å². The summed E-state index contributed by atoms with van der Waals surface area (Å²) in [5.74, 6) is 0. The van der Waals surface area contributed by atoms with Crippen molar-refractivity contribution in [3.05, 3.63) is 11.6 Å². The molecule has 0 fully saturated rings. The summed E-state index contributed by atoms with van der Waals surface area (Å²) in [5.41, 5.74) is 0.238. The number of hydrogen-bond donors (Lipinski definition) is 3. The van der Waals surface area contributed by atoms with Gasteiger partial charge in [-0.3, -0.25) is 0 Å². The quantitative estimate of drug-likeness (QED) is 0.430. The summed E-state index contributed by atoms with van der Waals surface area (Å²) in [4.78, 5) is 0. The number of nitrogens with one attached hydrogen (secondary N) is 1. The standard InChI is InChI=1S/C14H29NO2/c1-5-6-10-15-11-13(16)14(4,17)9-7-8-12(2)3/h8,13,15-17H,5-7,9-11H2,1-4H3. The summed E-state index contributed by atoms with van der Waals surface area (Å²) in [6, 6.07) is 0. The summed E-state index contributed by atoms with van der Waals surface area (Å²) in [5, 5.41) is 23.2. The summed E-state index contributed by atoms with van der Waals surface area (Å²) < 4.78 is 0. The van der Waals surface area contributed by atoms with E-state index >= 15 is 0 Å². The lowest BCUT2D eigenvalue weighted by molar-refractivity contribution is -0.0645. The number of aliphatic hydroxyl groups is 2. The third-order valence-electron chi connectivity index (χ3n) is 2.97. The van der Waals surface area contributed by atoms with E-state index in [4.69, 9.17) is 0 Å². The topological polar surface area (TPSA) is 52.5 Å². The maximum Gasteiger partial charge on any atom is 0.0948 e. The van der Waals surface area contributed by atoms with Gasteiger partial charge in [-0.15, -0.1) is 0 Å². The lowest BCUT2D eigenvalue weighted by Crippen LogP contribution is -2.45. The van der Waals surface area contributed by atoms with E-state index in [9.17, 15) is 10.2 Å². The smallest absolute Gasteiger partial charge is 0.0948 e. The largest absolute Gasteiger partial charge is 0.389 e. The van der Waals surface area contributed by atoms with E-state index in [0.29, 0.717) is 13.0 Å². The summed E-state index contributed by atoms with van der Waals surface area (Å²) >= 11 is 0.